The van der Waals surface area contributed by atoms with Crippen molar-refractivity contribution in [3.05, 3.63) is 35.0 Å². The zero-order chi connectivity index (χ0) is 12.4. The fraction of sp³-hybridized carbons (Fsp3) is 0.429. The molecule has 0 aliphatic rings. The van der Waals surface area contributed by atoms with Crippen LogP contribution in [0.25, 0.3) is 10.9 Å². The van der Waals surface area contributed by atoms with Crippen molar-refractivity contribution in [2.24, 2.45) is 13.0 Å². The van der Waals surface area contributed by atoms with Crippen LogP contribution in [-0.2, 0) is 13.6 Å². The largest absolute Gasteiger partial charge is 0.350 e. The minimum atomic E-state index is 0.680. The van der Waals surface area contributed by atoms with Crippen LogP contribution < -0.4 is 5.32 Å². The Bertz CT molecular complexity index is 514. The molecule has 1 heterocycles. The molecule has 3 heteroatoms. The second kappa shape index (κ2) is 5.11. The maximum atomic E-state index is 6.02. The summed E-state index contributed by atoms with van der Waals surface area (Å²) in [5.74, 6) is 0.680. The number of aromatic nitrogens is 1. The SMILES string of the molecule is CC(C)CNCc1cn(C)c2cc(Cl)ccc12. The molecule has 0 spiro atoms. The predicted molar refractivity (Wildman–Crippen MR) is 74.5 cm³/mol. The van der Waals surface area contributed by atoms with Gasteiger partial charge < -0.3 is 9.88 Å². The van der Waals surface area contributed by atoms with E-state index in [0.29, 0.717) is 5.92 Å². The van der Waals surface area contributed by atoms with E-state index in [1.807, 2.05) is 12.1 Å². The molecule has 0 atom stereocenters. The number of nitrogens with zero attached hydrogens (tertiary/aromatic N) is 1. The minimum Gasteiger partial charge on any atom is -0.350 e. The first-order chi connectivity index (χ1) is 8.08. The van der Waals surface area contributed by atoms with E-state index in [-0.39, 0.29) is 0 Å². The third kappa shape index (κ3) is 2.82. The van der Waals surface area contributed by atoms with Gasteiger partial charge in [-0.05, 0) is 30.2 Å². The molecule has 1 aromatic heterocycles. The molecule has 0 aliphatic heterocycles. The van der Waals surface area contributed by atoms with E-state index in [1.165, 1.54) is 16.5 Å². The van der Waals surface area contributed by atoms with Gasteiger partial charge in [-0.15, -0.1) is 0 Å². The van der Waals surface area contributed by atoms with Gasteiger partial charge in [0.1, 0.15) is 0 Å². The van der Waals surface area contributed by atoms with Crippen molar-refractivity contribution in [1.82, 2.24) is 9.88 Å². The summed E-state index contributed by atoms with van der Waals surface area (Å²) in [6, 6.07) is 6.07. The molecule has 0 radical (unpaired) electrons. The monoisotopic (exact) mass is 250 g/mol. The summed E-state index contributed by atoms with van der Waals surface area (Å²) in [6.07, 6.45) is 2.17. The van der Waals surface area contributed by atoms with Gasteiger partial charge in [-0.1, -0.05) is 31.5 Å². The number of nitrogens with one attached hydrogen (secondary N) is 1. The first kappa shape index (κ1) is 12.5. The van der Waals surface area contributed by atoms with E-state index < -0.39 is 0 Å². The van der Waals surface area contributed by atoms with Gasteiger partial charge in [0.2, 0.25) is 0 Å². The van der Waals surface area contributed by atoms with Crippen LogP contribution in [-0.4, -0.2) is 11.1 Å². The summed E-state index contributed by atoms with van der Waals surface area (Å²) < 4.78 is 2.13. The molecular formula is C14H19ClN2. The number of halogens is 1. The van der Waals surface area contributed by atoms with E-state index in [2.05, 4.69) is 43.0 Å². The van der Waals surface area contributed by atoms with Crippen molar-refractivity contribution in [3.63, 3.8) is 0 Å². The quantitative estimate of drug-likeness (QED) is 0.878. The molecule has 0 aliphatic carbocycles. The van der Waals surface area contributed by atoms with Crippen LogP contribution >= 0.6 is 11.6 Å². The minimum absolute atomic E-state index is 0.680. The Morgan fingerprint density at radius 2 is 2.12 bits per heavy atom. The van der Waals surface area contributed by atoms with Gasteiger partial charge in [-0.3, -0.25) is 0 Å². The molecule has 17 heavy (non-hydrogen) atoms. The van der Waals surface area contributed by atoms with E-state index in [9.17, 15) is 0 Å². The standard InChI is InChI=1S/C14H19ClN2/c1-10(2)7-16-8-11-9-17(3)14-6-12(15)4-5-13(11)14/h4-6,9-10,16H,7-8H2,1-3H3. The zero-order valence-electron chi connectivity index (χ0n) is 10.6. The van der Waals surface area contributed by atoms with Gasteiger partial charge in [-0.25, -0.2) is 0 Å². The summed E-state index contributed by atoms with van der Waals surface area (Å²) >= 11 is 6.02. The highest BCUT2D eigenvalue weighted by Gasteiger charge is 2.06. The molecule has 0 fully saturated rings. The van der Waals surface area contributed by atoms with Gasteiger partial charge in [0.05, 0.1) is 0 Å². The van der Waals surface area contributed by atoms with E-state index in [0.717, 1.165) is 18.1 Å². The van der Waals surface area contributed by atoms with Crippen LogP contribution in [0.15, 0.2) is 24.4 Å². The van der Waals surface area contributed by atoms with Crippen molar-refractivity contribution < 1.29 is 0 Å². The van der Waals surface area contributed by atoms with E-state index >= 15 is 0 Å². The second-order valence-electron chi connectivity index (χ2n) is 4.95. The summed E-state index contributed by atoms with van der Waals surface area (Å²) in [7, 11) is 2.06. The fourth-order valence-corrected chi connectivity index (χ4v) is 2.24. The molecule has 2 rings (SSSR count). The van der Waals surface area contributed by atoms with Crippen LogP contribution in [0.4, 0.5) is 0 Å². The number of benzene rings is 1. The summed E-state index contributed by atoms with van der Waals surface area (Å²) in [6.45, 7) is 6.40. The van der Waals surface area contributed by atoms with Crippen molar-refractivity contribution in [2.75, 3.05) is 6.54 Å². The third-order valence-electron chi connectivity index (χ3n) is 2.90. The lowest BCUT2D eigenvalue weighted by Crippen LogP contribution is -2.18. The molecule has 0 saturated heterocycles. The first-order valence-electron chi connectivity index (χ1n) is 6.02. The lowest BCUT2D eigenvalue weighted by atomic mass is 10.1. The third-order valence-corrected chi connectivity index (χ3v) is 3.14. The highest BCUT2D eigenvalue weighted by Crippen LogP contribution is 2.23. The molecule has 0 bridgehead atoms. The molecule has 1 aromatic carbocycles. The molecular weight excluding hydrogens is 232 g/mol. The van der Waals surface area contributed by atoms with Crippen LogP contribution in [0.2, 0.25) is 5.02 Å². The smallest absolute Gasteiger partial charge is 0.0495 e. The average molecular weight is 251 g/mol. The number of rotatable bonds is 4. The fourth-order valence-electron chi connectivity index (χ4n) is 2.08. The lowest BCUT2D eigenvalue weighted by Gasteiger charge is -2.06. The molecule has 0 saturated carbocycles. The maximum Gasteiger partial charge on any atom is 0.0495 e. The van der Waals surface area contributed by atoms with Crippen LogP contribution in [0.1, 0.15) is 19.4 Å². The molecule has 0 amide bonds. The Kier molecular flexibility index (Phi) is 3.75. The van der Waals surface area contributed by atoms with Crippen molar-refractivity contribution in [2.45, 2.75) is 20.4 Å². The summed E-state index contributed by atoms with van der Waals surface area (Å²) in [5, 5.41) is 5.55. The Morgan fingerprint density at radius 1 is 1.35 bits per heavy atom. The Balaban J connectivity index is 2.23. The number of hydrogen-bond acceptors (Lipinski definition) is 1. The van der Waals surface area contributed by atoms with Crippen molar-refractivity contribution >= 4 is 22.5 Å². The highest BCUT2D eigenvalue weighted by atomic mass is 35.5. The van der Waals surface area contributed by atoms with Crippen LogP contribution in [0, 0.1) is 5.92 Å². The van der Waals surface area contributed by atoms with E-state index in [4.69, 9.17) is 11.6 Å². The number of hydrogen-bond donors (Lipinski definition) is 1. The zero-order valence-corrected chi connectivity index (χ0v) is 11.4. The Labute approximate surface area is 108 Å². The Morgan fingerprint density at radius 3 is 2.82 bits per heavy atom. The Hall–Kier alpha value is -0.990. The highest BCUT2D eigenvalue weighted by molar-refractivity contribution is 6.31. The maximum absolute atomic E-state index is 6.02. The van der Waals surface area contributed by atoms with Crippen molar-refractivity contribution in [3.8, 4) is 0 Å². The van der Waals surface area contributed by atoms with Crippen LogP contribution in [0.5, 0.6) is 0 Å². The summed E-state index contributed by atoms with van der Waals surface area (Å²) in [4.78, 5) is 0. The molecule has 92 valence electrons. The van der Waals surface area contributed by atoms with Gasteiger partial charge in [0.25, 0.3) is 0 Å². The molecule has 2 aromatic rings. The normalized spacial score (nSPS) is 11.6. The summed E-state index contributed by atoms with van der Waals surface area (Å²) in [5.41, 5.74) is 2.53. The lowest BCUT2D eigenvalue weighted by molar-refractivity contribution is 0.553. The van der Waals surface area contributed by atoms with Gasteiger partial charge in [0, 0.05) is 35.7 Å². The van der Waals surface area contributed by atoms with E-state index in [1.54, 1.807) is 0 Å². The van der Waals surface area contributed by atoms with Gasteiger partial charge in [-0.2, -0.15) is 0 Å². The van der Waals surface area contributed by atoms with Crippen LogP contribution in [0.3, 0.4) is 0 Å². The topological polar surface area (TPSA) is 17.0 Å². The number of aryl methyl sites for hydroxylation is 1. The van der Waals surface area contributed by atoms with Crippen molar-refractivity contribution in [1.29, 1.82) is 0 Å². The molecule has 2 nitrogen and oxygen atoms in total. The van der Waals surface area contributed by atoms with Gasteiger partial charge in [0.15, 0.2) is 0 Å². The number of fused-ring (bicyclic) bond motifs is 1. The molecule has 1 N–H and O–H groups in total. The van der Waals surface area contributed by atoms with Gasteiger partial charge >= 0.3 is 0 Å². The molecule has 0 unspecified atom stereocenters. The second-order valence-corrected chi connectivity index (χ2v) is 5.39. The first-order valence-corrected chi connectivity index (χ1v) is 6.40. The predicted octanol–water partition coefficient (Wildman–Crippen LogP) is 3.58. The average Bonchev–Trinajstić information content (AvgIpc) is 2.55.